The highest BCUT2D eigenvalue weighted by atomic mass is 16.3. The van der Waals surface area contributed by atoms with Gasteiger partial charge in [0.15, 0.2) is 0 Å². The van der Waals surface area contributed by atoms with Crippen molar-refractivity contribution in [1.29, 1.82) is 0 Å². The summed E-state index contributed by atoms with van der Waals surface area (Å²) < 4.78 is 0. The third-order valence-electron chi connectivity index (χ3n) is 3.90. The van der Waals surface area contributed by atoms with Gasteiger partial charge in [-0.05, 0) is 38.5 Å². The summed E-state index contributed by atoms with van der Waals surface area (Å²) in [6.45, 7) is 0. The maximum absolute atomic E-state index is 11.9. The SMILES string of the molecule is O=C(N[C@H]1CCCC[C@@H]1O)C1(O)CCCC1. The molecule has 2 rings (SSSR count). The van der Waals surface area contributed by atoms with Gasteiger partial charge in [-0.1, -0.05) is 12.8 Å². The smallest absolute Gasteiger partial charge is 0.252 e. The number of carbonyl (C=O) groups excluding carboxylic acids is 1. The van der Waals surface area contributed by atoms with Gasteiger partial charge in [0.1, 0.15) is 5.60 Å². The molecule has 2 saturated carbocycles. The van der Waals surface area contributed by atoms with E-state index < -0.39 is 11.7 Å². The van der Waals surface area contributed by atoms with E-state index in [4.69, 9.17) is 0 Å². The van der Waals surface area contributed by atoms with Gasteiger partial charge in [0.25, 0.3) is 5.91 Å². The van der Waals surface area contributed by atoms with E-state index in [1.165, 1.54) is 0 Å². The molecule has 0 bridgehead atoms. The van der Waals surface area contributed by atoms with Gasteiger partial charge in [0.2, 0.25) is 0 Å². The molecule has 2 aliphatic rings. The Morgan fingerprint density at radius 1 is 1.12 bits per heavy atom. The van der Waals surface area contributed by atoms with E-state index in [9.17, 15) is 15.0 Å². The second-order valence-electron chi connectivity index (χ2n) is 5.17. The molecule has 2 fully saturated rings. The van der Waals surface area contributed by atoms with Crippen molar-refractivity contribution in [3.8, 4) is 0 Å². The highest BCUT2D eigenvalue weighted by Crippen LogP contribution is 2.30. The fourth-order valence-electron chi connectivity index (χ4n) is 2.77. The number of aliphatic hydroxyl groups is 2. The number of aliphatic hydroxyl groups excluding tert-OH is 1. The molecule has 0 spiro atoms. The molecule has 1 amide bonds. The van der Waals surface area contributed by atoms with Crippen molar-refractivity contribution in [1.82, 2.24) is 5.32 Å². The number of nitrogens with one attached hydrogen (secondary N) is 1. The first-order valence-electron chi connectivity index (χ1n) is 6.33. The molecule has 0 aliphatic heterocycles. The third-order valence-corrected chi connectivity index (χ3v) is 3.90. The maximum atomic E-state index is 11.9. The summed E-state index contributed by atoms with van der Waals surface area (Å²) in [6.07, 6.45) is 6.14. The zero-order valence-corrected chi connectivity index (χ0v) is 9.61. The Morgan fingerprint density at radius 3 is 2.38 bits per heavy atom. The van der Waals surface area contributed by atoms with Gasteiger partial charge in [-0.15, -0.1) is 0 Å². The summed E-state index contributed by atoms with van der Waals surface area (Å²) in [4.78, 5) is 11.9. The highest BCUT2D eigenvalue weighted by Gasteiger charge is 2.40. The zero-order chi connectivity index (χ0) is 11.6. The molecule has 0 aromatic rings. The maximum Gasteiger partial charge on any atom is 0.252 e. The van der Waals surface area contributed by atoms with Crippen LogP contribution in [0.4, 0.5) is 0 Å². The second-order valence-corrected chi connectivity index (χ2v) is 5.17. The topological polar surface area (TPSA) is 69.6 Å². The molecule has 0 saturated heterocycles. The molecular formula is C12H21NO3. The average molecular weight is 227 g/mol. The van der Waals surface area contributed by atoms with Crippen LogP contribution in [0.3, 0.4) is 0 Å². The van der Waals surface area contributed by atoms with Gasteiger partial charge in [0.05, 0.1) is 12.1 Å². The minimum Gasteiger partial charge on any atom is -0.391 e. The van der Waals surface area contributed by atoms with Crippen LogP contribution in [-0.2, 0) is 4.79 Å². The fraction of sp³-hybridized carbons (Fsp3) is 0.917. The molecule has 2 atom stereocenters. The van der Waals surface area contributed by atoms with E-state index in [-0.39, 0.29) is 11.9 Å². The zero-order valence-electron chi connectivity index (χ0n) is 9.61. The van der Waals surface area contributed by atoms with Crippen molar-refractivity contribution >= 4 is 5.91 Å². The van der Waals surface area contributed by atoms with E-state index in [0.717, 1.165) is 38.5 Å². The molecule has 2 aliphatic carbocycles. The summed E-state index contributed by atoms with van der Waals surface area (Å²) in [5, 5.41) is 22.6. The summed E-state index contributed by atoms with van der Waals surface area (Å²) in [6, 6.07) is -0.161. The lowest BCUT2D eigenvalue weighted by Gasteiger charge is -2.31. The number of hydrogen-bond donors (Lipinski definition) is 3. The number of rotatable bonds is 2. The minimum absolute atomic E-state index is 0.161. The molecule has 0 unspecified atom stereocenters. The van der Waals surface area contributed by atoms with Crippen LogP contribution in [0, 0.1) is 0 Å². The molecule has 0 aromatic carbocycles. The molecular weight excluding hydrogens is 206 g/mol. The van der Waals surface area contributed by atoms with Crippen molar-refractivity contribution < 1.29 is 15.0 Å². The summed E-state index contributed by atoms with van der Waals surface area (Å²) in [5.74, 6) is -0.282. The van der Waals surface area contributed by atoms with Crippen LogP contribution >= 0.6 is 0 Å². The standard InChI is InChI=1S/C12H21NO3/c14-10-6-2-1-5-9(10)13-11(15)12(16)7-3-4-8-12/h9-10,14,16H,1-8H2,(H,13,15)/t9-,10-/m0/s1. The predicted octanol–water partition coefficient (Wildman–Crippen LogP) is 0.711. The quantitative estimate of drug-likeness (QED) is 0.650. The van der Waals surface area contributed by atoms with Gasteiger partial charge in [-0.25, -0.2) is 0 Å². The number of hydrogen-bond acceptors (Lipinski definition) is 3. The number of amides is 1. The first kappa shape index (κ1) is 11.9. The summed E-state index contributed by atoms with van der Waals surface area (Å²) in [5.41, 5.74) is -1.17. The van der Waals surface area contributed by atoms with Crippen LogP contribution in [0.1, 0.15) is 51.4 Å². The van der Waals surface area contributed by atoms with Gasteiger partial charge in [-0.3, -0.25) is 4.79 Å². The Balaban J connectivity index is 1.90. The van der Waals surface area contributed by atoms with Gasteiger partial charge in [-0.2, -0.15) is 0 Å². The Labute approximate surface area is 96.0 Å². The van der Waals surface area contributed by atoms with E-state index in [1.807, 2.05) is 0 Å². The van der Waals surface area contributed by atoms with E-state index >= 15 is 0 Å². The molecule has 16 heavy (non-hydrogen) atoms. The van der Waals surface area contributed by atoms with Crippen LogP contribution in [0.15, 0.2) is 0 Å². The first-order valence-corrected chi connectivity index (χ1v) is 6.33. The van der Waals surface area contributed by atoms with Gasteiger partial charge >= 0.3 is 0 Å². The van der Waals surface area contributed by atoms with E-state index in [0.29, 0.717) is 12.8 Å². The number of carbonyl (C=O) groups is 1. The molecule has 92 valence electrons. The van der Waals surface area contributed by atoms with Crippen molar-refractivity contribution in [3.05, 3.63) is 0 Å². The lowest BCUT2D eigenvalue weighted by atomic mass is 9.91. The largest absolute Gasteiger partial charge is 0.391 e. The van der Waals surface area contributed by atoms with Crippen LogP contribution < -0.4 is 5.32 Å². The fourth-order valence-corrected chi connectivity index (χ4v) is 2.77. The van der Waals surface area contributed by atoms with Gasteiger partial charge < -0.3 is 15.5 Å². The molecule has 4 nitrogen and oxygen atoms in total. The van der Waals surface area contributed by atoms with Gasteiger partial charge in [0, 0.05) is 0 Å². The van der Waals surface area contributed by atoms with Crippen LogP contribution in [0.2, 0.25) is 0 Å². The first-order chi connectivity index (χ1) is 7.62. The monoisotopic (exact) mass is 227 g/mol. The molecule has 4 heteroatoms. The Hall–Kier alpha value is -0.610. The van der Waals surface area contributed by atoms with Crippen molar-refractivity contribution in [2.75, 3.05) is 0 Å². The average Bonchev–Trinajstić information content (AvgIpc) is 2.70. The van der Waals surface area contributed by atoms with E-state index in [1.54, 1.807) is 0 Å². The minimum atomic E-state index is -1.17. The Kier molecular flexibility index (Phi) is 3.50. The lowest BCUT2D eigenvalue weighted by molar-refractivity contribution is -0.141. The summed E-state index contributed by atoms with van der Waals surface area (Å²) in [7, 11) is 0. The van der Waals surface area contributed by atoms with E-state index in [2.05, 4.69) is 5.32 Å². The van der Waals surface area contributed by atoms with Crippen LogP contribution in [0.25, 0.3) is 0 Å². The van der Waals surface area contributed by atoms with Crippen molar-refractivity contribution in [2.45, 2.75) is 69.1 Å². The lowest BCUT2D eigenvalue weighted by Crippen LogP contribution is -2.53. The van der Waals surface area contributed by atoms with Crippen molar-refractivity contribution in [2.24, 2.45) is 0 Å². The Morgan fingerprint density at radius 2 is 1.75 bits per heavy atom. The normalized spacial score (nSPS) is 33.6. The Bertz CT molecular complexity index is 261. The van der Waals surface area contributed by atoms with Crippen LogP contribution in [0.5, 0.6) is 0 Å². The molecule has 0 radical (unpaired) electrons. The van der Waals surface area contributed by atoms with Crippen LogP contribution in [-0.4, -0.2) is 33.9 Å². The molecule has 0 aromatic heterocycles. The van der Waals surface area contributed by atoms with Crippen molar-refractivity contribution in [3.63, 3.8) is 0 Å². The summed E-state index contributed by atoms with van der Waals surface area (Å²) >= 11 is 0. The predicted molar refractivity (Wildman–Crippen MR) is 59.8 cm³/mol. The molecule has 0 heterocycles. The second kappa shape index (κ2) is 4.72. The molecule has 3 N–H and O–H groups in total. The highest BCUT2D eigenvalue weighted by molar-refractivity contribution is 5.85. The third kappa shape index (κ3) is 2.38.